The summed E-state index contributed by atoms with van der Waals surface area (Å²) in [4.78, 5) is 12.1. The second kappa shape index (κ2) is 6.12. The van der Waals surface area contributed by atoms with Gasteiger partial charge in [-0.3, -0.25) is 4.79 Å². The molecule has 102 valence electrons. The lowest BCUT2D eigenvalue weighted by Gasteiger charge is -2.03. The molecule has 0 aliphatic rings. The standard InChI is InChI=1S/C16H12Cl2O2/c1-10-5-7-15(19)12(9-10)16(20)8-6-11-13(17)3-2-4-14(11)18/h2-9,19H,1H3/b8-6+. The highest BCUT2D eigenvalue weighted by atomic mass is 35.5. The Morgan fingerprint density at radius 3 is 2.45 bits per heavy atom. The molecule has 0 saturated carbocycles. The Balaban J connectivity index is 2.32. The molecular formula is C16H12Cl2O2. The van der Waals surface area contributed by atoms with E-state index in [0.29, 0.717) is 15.6 Å². The van der Waals surface area contributed by atoms with E-state index < -0.39 is 0 Å². The molecular weight excluding hydrogens is 295 g/mol. The quantitative estimate of drug-likeness (QED) is 0.646. The molecule has 0 spiro atoms. The van der Waals surface area contributed by atoms with E-state index in [1.807, 2.05) is 6.92 Å². The summed E-state index contributed by atoms with van der Waals surface area (Å²) >= 11 is 12.0. The van der Waals surface area contributed by atoms with E-state index in [4.69, 9.17) is 23.2 Å². The molecule has 0 atom stereocenters. The summed E-state index contributed by atoms with van der Waals surface area (Å²) in [5.41, 5.74) is 1.73. The summed E-state index contributed by atoms with van der Waals surface area (Å²) in [5.74, 6) is -0.349. The van der Waals surface area contributed by atoms with Crippen molar-refractivity contribution in [2.24, 2.45) is 0 Å². The molecule has 0 radical (unpaired) electrons. The van der Waals surface area contributed by atoms with Gasteiger partial charge in [0.25, 0.3) is 0 Å². The lowest BCUT2D eigenvalue weighted by Crippen LogP contribution is -1.95. The van der Waals surface area contributed by atoms with Crippen LogP contribution in [0.4, 0.5) is 0 Å². The molecule has 0 aliphatic carbocycles. The Bertz CT molecular complexity index is 671. The van der Waals surface area contributed by atoms with Crippen LogP contribution in [0.3, 0.4) is 0 Å². The SMILES string of the molecule is Cc1ccc(O)c(C(=O)/C=C/c2c(Cl)cccc2Cl)c1. The molecule has 0 bridgehead atoms. The lowest BCUT2D eigenvalue weighted by atomic mass is 10.1. The van der Waals surface area contributed by atoms with Crippen LogP contribution in [0.2, 0.25) is 10.0 Å². The van der Waals surface area contributed by atoms with Crippen molar-refractivity contribution in [1.82, 2.24) is 0 Å². The number of hydrogen-bond acceptors (Lipinski definition) is 2. The van der Waals surface area contributed by atoms with Crippen molar-refractivity contribution < 1.29 is 9.90 Å². The summed E-state index contributed by atoms with van der Waals surface area (Å²) in [6, 6.07) is 10.00. The zero-order valence-corrected chi connectivity index (χ0v) is 12.2. The highest BCUT2D eigenvalue weighted by molar-refractivity contribution is 6.37. The largest absolute Gasteiger partial charge is 0.507 e. The van der Waals surface area contributed by atoms with E-state index in [0.717, 1.165) is 5.56 Å². The number of benzene rings is 2. The van der Waals surface area contributed by atoms with Crippen LogP contribution in [0.15, 0.2) is 42.5 Å². The van der Waals surface area contributed by atoms with Crippen molar-refractivity contribution >= 4 is 35.1 Å². The molecule has 2 aromatic rings. The summed E-state index contributed by atoms with van der Waals surface area (Å²) in [6.07, 6.45) is 2.90. The van der Waals surface area contributed by atoms with Gasteiger partial charge in [-0.15, -0.1) is 0 Å². The zero-order chi connectivity index (χ0) is 14.7. The number of hydrogen-bond donors (Lipinski definition) is 1. The second-order valence-corrected chi connectivity index (χ2v) is 5.17. The van der Waals surface area contributed by atoms with Crippen molar-refractivity contribution in [3.05, 3.63) is 69.2 Å². The third kappa shape index (κ3) is 3.21. The molecule has 2 nitrogen and oxygen atoms in total. The fourth-order valence-corrected chi connectivity index (χ4v) is 2.29. The molecule has 0 saturated heterocycles. The molecule has 1 N–H and O–H groups in total. The minimum absolute atomic E-state index is 0.0458. The van der Waals surface area contributed by atoms with Crippen LogP contribution in [0.5, 0.6) is 5.75 Å². The molecule has 2 aromatic carbocycles. The molecule has 2 rings (SSSR count). The number of phenolic OH excluding ortho intramolecular Hbond substituents is 1. The Hall–Kier alpha value is -1.77. The minimum Gasteiger partial charge on any atom is -0.507 e. The van der Waals surface area contributed by atoms with Crippen LogP contribution in [0, 0.1) is 6.92 Å². The number of carbonyl (C=O) groups excluding carboxylic acids is 1. The molecule has 0 heterocycles. The van der Waals surface area contributed by atoms with Gasteiger partial charge in [0, 0.05) is 15.6 Å². The van der Waals surface area contributed by atoms with Gasteiger partial charge in [-0.2, -0.15) is 0 Å². The van der Waals surface area contributed by atoms with Gasteiger partial charge in [-0.1, -0.05) is 40.9 Å². The van der Waals surface area contributed by atoms with Gasteiger partial charge in [-0.05, 0) is 43.3 Å². The molecule has 20 heavy (non-hydrogen) atoms. The van der Waals surface area contributed by atoms with Gasteiger partial charge in [0.15, 0.2) is 5.78 Å². The van der Waals surface area contributed by atoms with Crippen molar-refractivity contribution in [1.29, 1.82) is 0 Å². The van der Waals surface area contributed by atoms with Crippen LogP contribution in [0.1, 0.15) is 21.5 Å². The molecule has 0 amide bonds. The maximum Gasteiger partial charge on any atom is 0.189 e. The number of ketones is 1. The van der Waals surface area contributed by atoms with Crippen LogP contribution < -0.4 is 0 Å². The predicted molar refractivity (Wildman–Crippen MR) is 82.7 cm³/mol. The topological polar surface area (TPSA) is 37.3 Å². The van der Waals surface area contributed by atoms with Gasteiger partial charge in [0.05, 0.1) is 5.56 Å². The Labute approximate surface area is 127 Å². The number of aromatic hydroxyl groups is 1. The highest BCUT2D eigenvalue weighted by Gasteiger charge is 2.09. The van der Waals surface area contributed by atoms with Gasteiger partial charge in [-0.25, -0.2) is 0 Å². The molecule has 0 aromatic heterocycles. The van der Waals surface area contributed by atoms with Crippen molar-refractivity contribution in [3.63, 3.8) is 0 Å². The summed E-state index contributed by atoms with van der Waals surface area (Å²) in [6.45, 7) is 1.85. The second-order valence-electron chi connectivity index (χ2n) is 4.35. The number of aryl methyl sites for hydroxylation is 1. The third-order valence-corrected chi connectivity index (χ3v) is 3.48. The van der Waals surface area contributed by atoms with Crippen LogP contribution in [-0.4, -0.2) is 10.9 Å². The number of phenols is 1. The number of allylic oxidation sites excluding steroid dienone is 1. The maximum absolute atomic E-state index is 12.1. The van der Waals surface area contributed by atoms with Gasteiger partial charge >= 0.3 is 0 Å². The minimum atomic E-state index is -0.304. The lowest BCUT2D eigenvalue weighted by molar-refractivity contribution is 0.104. The van der Waals surface area contributed by atoms with Gasteiger partial charge in [0.2, 0.25) is 0 Å². The summed E-state index contributed by atoms with van der Waals surface area (Å²) in [5, 5.41) is 10.6. The van der Waals surface area contributed by atoms with E-state index in [1.165, 1.54) is 12.1 Å². The Kier molecular flexibility index (Phi) is 4.48. The zero-order valence-electron chi connectivity index (χ0n) is 10.7. The smallest absolute Gasteiger partial charge is 0.189 e. The monoisotopic (exact) mass is 306 g/mol. The third-order valence-electron chi connectivity index (χ3n) is 2.82. The Morgan fingerprint density at radius 2 is 1.80 bits per heavy atom. The first-order valence-corrected chi connectivity index (χ1v) is 6.70. The first-order chi connectivity index (χ1) is 9.49. The van der Waals surface area contributed by atoms with Crippen LogP contribution >= 0.6 is 23.2 Å². The van der Waals surface area contributed by atoms with Gasteiger partial charge in [0.1, 0.15) is 5.75 Å². The molecule has 0 aliphatic heterocycles. The van der Waals surface area contributed by atoms with E-state index >= 15 is 0 Å². The van der Waals surface area contributed by atoms with E-state index in [1.54, 1.807) is 36.4 Å². The number of carbonyl (C=O) groups is 1. The van der Waals surface area contributed by atoms with Crippen molar-refractivity contribution in [2.45, 2.75) is 6.92 Å². The predicted octanol–water partition coefficient (Wildman–Crippen LogP) is 4.90. The van der Waals surface area contributed by atoms with Crippen LogP contribution in [-0.2, 0) is 0 Å². The number of rotatable bonds is 3. The van der Waals surface area contributed by atoms with E-state index in [9.17, 15) is 9.90 Å². The summed E-state index contributed by atoms with van der Waals surface area (Å²) < 4.78 is 0. The first kappa shape index (κ1) is 14.6. The average Bonchev–Trinajstić information content (AvgIpc) is 2.40. The number of halogens is 2. The first-order valence-electron chi connectivity index (χ1n) is 5.95. The molecule has 0 fully saturated rings. The van der Waals surface area contributed by atoms with E-state index in [2.05, 4.69) is 0 Å². The average molecular weight is 307 g/mol. The normalized spacial score (nSPS) is 10.9. The van der Waals surface area contributed by atoms with Crippen LogP contribution in [0.25, 0.3) is 6.08 Å². The molecule has 0 unspecified atom stereocenters. The maximum atomic E-state index is 12.1. The van der Waals surface area contributed by atoms with Crippen molar-refractivity contribution in [2.75, 3.05) is 0 Å². The van der Waals surface area contributed by atoms with Crippen molar-refractivity contribution in [3.8, 4) is 5.75 Å². The van der Waals surface area contributed by atoms with E-state index in [-0.39, 0.29) is 17.1 Å². The Morgan fingerprint density at radius 1 is 1.15 bits per heavy atom. The van der Waals surface area contributed by atoms with Gasteiger partial charge < -0.3 is 5.11 Å². The summed E-state index contributed by atoms with van der Waals surface area (Å²) in [7, 11) is 0. The fraction of sp³-hybridized carbons (Fsp3) is 0.0625. The fourth-order valence-electron chi connectivity index (χ4n) is 1.77. The molecule has 4 heteroatoms. The highest BCUT2D eigenvalue weighted by Crippen LogP contribution is 2.26.